The molecule has 0 spiro atoms. The van der Waals surface area contributed by atoms with Crippen LogP contribution in [0.1, 0.15) is 11.1 Å². The minimum Gasteiger partial charge on any atom is -0.507 e. The fourth-order valence-electron chi connectivity index (χ4n) is 1.93. The molecule has 19 heavy (non-hydrogen) atoms. The zero-order valence-electron chi connectivity index (χ0n) is 10.6. The molecule has 0 aliphatic heterocycles. The van der Waals surface area contributed by atoms with Gasteiger partial charge in [0.15, 0.2) is 0 Å². The van der Waals surface area contributed by atoms with Crippen LogP contribution in [0.3, 0.4) is 0 Å². The lowest BCUT2D eigenvalue weighted by Gasteiger charge is -2.10. The number of allylic oxidation sites excluding steroid dienone is 2. The van der Waals surface area contributed by atoms with Gasteiger partial charge < -0.3 is 5.11 Å². The molecule has 0 atom stereocenters. The highest BCUT2D eigenvalue weighted by molar-refractivity contribution is 5.64. The van der Waals surface area contributed by atoms with Gasteiger partial charge in [0.05, 0.1) is 11.9 Å². The number of benzene rings is 1. The van der Waals surface area contributed by atoms with Crippen molar-refractivity contribution in [1.29, 1.82) is 0 Å². The van der Waals surface area contributed by atoms with Gasteiger partial charge in [0, 0.05) is 5.56 Å². The van der Waals surface area contributed by atoms with E-state index in [1.807, 2.05) is 12.1 Å². The van der Waals surface area contributed by atoms with Crippen molar-refractivity contribution in [2.75, 3.05) is 0 Å². The van der Waals surface area contributed by atoms with E-state index in [0.29, 0.717) is 18.6 Å². The second-order valence-corrected chi connectivity index (χ2v) is 4.13. The van der Waals surface area contributed by atoms with Crippen LogP contribution in [0.25, 0.3) is 11.3 Å². The number of aromatic hydroxyl groups is 1. The lowest BCUT2D eigenvalue weighted by Crippen LogP contribution is -1.94. The van der Waals surface area contributed by atoms with Crippen LogP contribution in [-0.4, -0.2) is 20.5 Å². The Bertz CT molecular complexity index is 563. The molecule has 0 radical (unpaired) electrons. The quantitative estimate of drug-likeness (QED) is 0.832. The topological polar surface area (TPSA) is 58.9 Å². The number of nitrogens with zero attached hydrogens (tertiary/aromatic N) is 3. The van der Waals surface area contributed by atoms with Gasteiger partial charge in [-0.2, -0.15) is 0 Å². The third kappa shape index (κ3) is 2.85. The summed E-state index contributed by atoms with van der Waals surface area (Å²) in [4.78, 5) is 0. The van der Waals surface area contributed by atoms with Crippen molar-refractivity contribution in [2.45, 2.75) is 12.8 Å². The zero-order chi connectivity index (χ0) is 13.7. The zero-order valence-corrected chi connectivity index (χ0v) is 10.6. The van der Waals surface area contributed by atoms with Gasteiger partial charge in [0.25, 0.3) is 0 Å². The van der Waals surface area contributed by atoms with E-state index in [0.717, 1.165) is 22.4 Å². The van der Waals surface area contributed by atoms with Crippen LogP contribution < -0.4 is 0 Å². The first-order valence-corrected chi connectivity index (χ1v) is 5.97. The molecule has 4 nitrogen and oxygen atoms in total. The highest BCUT2D eigenvalue weighted by Gasteiger charge is 2.10. The molecule has 0 unspecified atom stereocenters. The number of hydrogen-bond acceptors (Lipinski definition) is 4. The molecule has 0 aliphatic rings. The summed E-state index contributed by atoms with van der Waals surface area (Å²) in [5.41, 5.74) is 3.28. The Morgan fingerprint density at radius 1 is 1.11 bits per heavy atom. The van der Waals surface area contributed by atoms with E-state index in [-0.39, 0.29) is 0 Å². The van der Waals surface area contributed by atoms with E-state index in [1.54, 1.807) is 24.4 Å². The molecule has 1 N–H and O–H groups in total. The standard InChI is InChI=1S/C15H15N3O/c1-3-5-11-9-13(14-7-8-16-18-17-14)10-12(6-4-2)15(11)19/h3-4,7-10,19H,1-2,5-6H2. The van der Waals surface area contributed by atoms with Gasteiger partial charge in [0.2, 0.25) is 0 Å². The van der Waals surface area contributed by atoms with E-state index in [4.69, 9.17) is 0 Å². The molecule has 0 fully saturated rings. The van der Waals surface area contributed by atoms with Crippen LogP contribution in [0.15, 0.2) is 49.7 Å². The second-order valence-electron chi connectivity index (χ2n) is 4.13. The number of hydrogen-bond donors (Lipinski definition) is 1. The van der Waals surface area contributed by atoms with Gasteiger partial charge in [-0.25, -0.2) is 0 Å². The summed E-state index contributed by atoms with van der Waals surface area (Å²) in [7, 11) is 0. The third-order valence-electron chi connectivity index (χ3n) is 2.80. The van der Waals surface area contributed by atoms with Crippen molar-refractivity contribution in [3.63, 3.8) is 0 Å². The Hall–Kier alpha value is -2.49. The predicted molar refractivity (Wildman–Crippen MR) is 74.7 cm³/mol. The molecule has 0 amide bonds. The average Bonchev–Trinajstić information content (AvgIpc) is 2.44. The van der Waals surface area contributed by atoms with Gasteiger partial charge in [-0.3, -0.25) is 0 Å². The first kappa shape index (κ1) is 13.0. The van der Waals surface area contributed by atoms with E-state index in [9.17, 15) is 5.11 Å². The van der Waals surface area contributed by atoms with Crippen LogP contribution in [0, 0.1) is 0 Å². The molecule has 0 saturated heterocycles. The molecular weight excluding hydrogens is 238 g/mol. The minimum absolute atomic E-state index is 0.297. The summed E-state index contributed by atoms with van der Waals surface area (Å²) in [5, 5.41) is 21.5. The summed E-state index contributed by atoms with van der Waals surface area (Å²) in [6, 6.07) is 5.58. The highest BCUT2D eigenvalue weighted by atomic mass is 16.3. The maximum atomic E-state index is 10.2. The number of phenolic OH excluding ortho intramolecular Hbond substituents is 1. The fraction of sp³-hybridized carbons (Fsp3) is 0.133. The molecule has 4 heteroatoms. The van der Waals surface area contributed by atoms with Crippen molar-refractivity contribution in [3.05, 3.63) is 60.8 Å². The molecule has 0 aliphatic carbocycles. The van der Waals surface area contributed by atoms with Crippen molar-refractivity contribution < 1.29 is 5.11 Å². The minimum atomic E-state index is 0.297. The Morgan fingerprint density at radius 2 is 1.74 bits per heavy atom. The van der Waals surface area contributed by atoms with Crippen molar-refractivity contribution in [1.82, 2.24) is 15.4 Å². The van der Waals surface area contributed by atoms with Crippen LogP contribution in [0.4, 0.5) is 0 Å². The van der Waals surface area contributed by atoms with Crippen LogP contribution >= 0.6 is 0 Å². The fourth-order valence-corrected chi connectivity index (χ4v) is 1.93. The van der Waals surface area contributed by atoms with E-state index in [1.165, 1.54) is 0 Å². The van der Waals surface area contributed by atoms with Crippen molar-refractivity contribution in [2.24, 2.45) is 0 Å². The van der Waals surface area contributed by atoms with Crippen LogP contribution in [0.5, 0.6) is 5.75 Å². The number of rotatable bonds is 5. The average molecular weight is 253 g/mol. The second kappa shape index (κ2) is 5.91. The molecule has 1 heterocycles. The molecule has 0 bridgehead atoms. The van der Waals surface area contributed by atoms with Gasteiger partial charge in [-0.1, -0.05) is 12.2 Å². The molecular formula is C15H15N3O. The summed E-state index contributed by atoms with van der Waals surface area (Å²) in [6.07, 6.45) is 6.31. The van der Waals surface area contributed by atoms with Crippen LogP contribution in [-0.2, 0) is 12.8 Å². The van der Waals surface area contributed by atoms with Gasteiger partial charge in [-0.15, -0.1) is 23.4 Å². The lowest BCUT2D eigenvalue weighted by atomic mass is 9.98. The predicted octanol–water partition coefficient (Wildman–Crippen LogP) is 2.70. The summed E-state index contributed by atoms with van der Waals surface area (Å²) in [6.45, 7) is 7.41. The van der Waals surface area contributed by atoms with E-state index < -0.39 is 0 Å². The summed E-state index contributed by atoms with van der Waals surface area (Å²) in [5.74, 6) is 0.297. The van der Waals surface area contributed by atoms with Crippen molar-refractivity contribution >= 4 is 0 Å². The molecule has 1 aromatic carbocycles. The first-order chi connectivity index (χ1) is 9.26. The normalized spacial score (nSPS) is 10.1. The lowest BCUT2D eigenvalue weighted by molar-refractivity contribution is 0.464. The van der Waals surface area contributed by atoms with E-state index >= 15 is 0 Å². The number of aromatic nitrogens is 3. The monoisotopic (exact) mass is 253 g/mol. The largest absolute Gasteiger partial charge is 0.507 e. The number of phenols is 1. The van der Waals surface area contributed by atoms with E-state index in [2.05, 4.69) is 28.6 Å². The molecule has 2 aromatic rings. The Balaban J connectivity index is 2.55. The maximum absolute atomic E-state index is 10.2. The molecule has 0 saturated carbocycles. The van der Waals surface area contributed by atoms with Crippen LogP contribution in [0.2, 0.25) is 0 Å². The molecule has 2 rings (SSSR count). The highest BCUT2D eigenvalue weighted by Crippen LogP contribution is 2.30. The Morgan fingerprint density at radius 3 is 2.21 bits per heavy atom. The first-order valence-electron chi connectivity index (χ1n) is 5.97. The van der Waals surface area contributed by atoms with Gasteiger partial charge in [-0.05, 0) is 47.4 Å². The summed E-state index contributed by atoms with van der Waals surface area (Å²) >= 11 is 0. The smallest absolute Gasteiger partial charge is 0.122 e. The maximum Gasteiger partial charge on any atom is 0.122 e. The summed E-state index contributed by atoms with van der Waals surface area (Å²) < 4.78 is 0. The SMILES string of the molecule is C=CCc1cc(-c2ccnnn2)cc(CC=C)c1O. The van der Waals surface area contributed by atoms with Crippen molar-refractivity contribution in [3.8, 4) is 17.0 Å². The Labute approximate surface area is 112 Å². The Kier molecular flexibility index (Phi) is 4.03. The molecule has 1 aromatic heterocycles. The van der Waals surface area contributed by atoms with Gasteiger partial charge in [0.1, 0.15) is 5.75 Å². The third-order valence-corrected chi connectivity index (χ3v) is 2.80. The molecule has 96 valence electrons. The van der Waals surface area contributed by atoms with Gasteiger partial charge >= 0.3 is 0 Å².